The number of fused-ring (bicyclic) bond motifs is 1. The van der Waals surface area contributed by atoms with Crippen LogP contribution in [0.1, 0.15) is 23.9 Å². The number of nitrogens with one attached hydrogen (secondary N) is 2. The maximum atomic E-state index is 12.2. The van der Waals surface area contributed by atoms with Crippen LogP contribution in [0.5, 0.6) is 0 Å². The van der Waals surface area contributed by atoms with Crippen LogP contribution in [0.15, 0.2) is 34.9 Å². The molecule has 178 valence electrons. The number of aryl methyl sites for hydroxylation is 1. The van der Waals surface area contributed by atoms with Gasteiger partial charge in [-0.2, -0.15) is 0 Å². The molecule has 10 heteroatoms. The molecule has 1 fully saturated rings. The number of hydrogen-bond acceptors (Lipinski definition) is 8. The first kappa shape index (κ1) is 22.3. The normalized spacial score (nSPS) is 18.4. The zero-order valence-electron chi connectivity index (χ0n) is 19.7. The molecule has 1 aromatic carbocycles. The average molecular weight is 464 g/mol. The standard InChI is InChI=1S/C24H29N7O3/c1-15-14-33-11-10-31(15)23-19-8-9-30(3)13-20(19)26-22(28-23)17-4-6-18(7-5-17)25-24(32)27-21-12-16(2)34-29-21/h4-7,12,15H,8-11,13-14H2,1-3H3,(H2,25,27,29,32). The molecule has 2 amide bonds. The number of likely N-dealkylation sites (N-methyl/N-ethyl adjacent to an activating group) is 1. The number of ether oxygens (including phenoxy) is 1. The summed E-state index contributed by atoms with van der Waals surface area (Å²) in [5, 5.41) is 9.21. The zero-order valence-corrected chi connectivity index (χ0v) is 19.7. The Morgan fingerprint density at radius 3 is 2.71 bits per heavy atom. The summed E-state index contributed by atoms with van der Waals surface area (Å²) in [7, 11) is 2.12. The molecule has 2 aromatic heterocycles. The molecule has 0 radical (unpaired) electrons. The van der Waals surface area contributed by atoms with E-state index in [4.69, 9.17) is 19.2 Å². The van der Waals surface area contributed by atoms with Crippen LogP contribution in [-0.2, 0) is 17.7 Å². The van der Waals surface area contributed by atoms with Gasteiger partial charge in [-0.3, -0.25) is 5.32 Å². The third kappa shape index (κ3) is 4.73. The summed E-state index contributed by atoms with van der Waals surface area (Å²) in [6.45, 7) is 7.96. The van der Waals surface area contributed by atoms with Gasteiger partial charge in [0.25, 0.3) is 0 Å². The highest BCUT2D eigenvalue weighted by atomic mass is 16.5. The van der Waals surface area contributed by atoms with Crippen LogP contribution in [0, 0.1) is 6.92 Å². The molecule has 4 heterocycles. The fraction of sp³-hybridized carbons (Fsp3) is 0.417. The van der Waals surface area contributed by atoms with Crippen LogP contribution >= 0.6 is 0 Å². The van der Waals surface area contributed by atoms with Crippen LogP contribution in [-0.4, -0.2) is 65.4 Å². The topological polar surface area (TPSA) is 109 Å². The monoisotopic (exact) mass is 463 g/mol. The molecule has 0 spiro atoms. The minimum Gasteiger partial charge on any atom is -0.377 e. The second kappa shape index (κ2) is 9.40. The van der Waals surface area contributed by atoms with Gasteiger partial charge in [0.05, 0.1) is 24.9 Å². The van der Waals surface area contributed by atoms with E-state index in [0.29, 0.717) is 36.3 Å². The van der Waals surface area contributed by atoms with E-state index in [0.717, 1.165) is 43.1 Å². The number of benzene rings is 1. The number of morpholine rings is 1. The summed E-state index contributed by atoms with van der Waals surface area (Å²) < 4.78 is 10.6. The van der Waals surface area contributed by atoms with Gasteiger partial charge in [-0.15, -0.1) is 0 Å². The molecular weight excluding hydrogens is 434 g/mol. The Hall–Kier alpha value is -3.50. The maximum Gasteiger partial charge on any atom is 0.324 e. The molecule has 3 aromatic rings. The first-order chi connectivity index (χ1) is 16.5. The van der Waals surface area contributed by atoms with Crippen molar-refractivity contribution in [3.63, 3.8) is 0 Å². The molecule has 2 N–H and O–H groups in total. The van der Waals surface area contributed by atoms with Gasteiger partial charge in [0, 0.05) is 42.5 Å². The Morgan fingerprint density at radius 1 is 1.15 bits per heavy atom. The van der Waals surface area contributed by atoms with E-state index >= 15 is 0 Å². The van der Waals surface area contributed by atoms with Crippen LogP contribution in [0.2, 0.25) is 0 Å². The molecule has 10 nitrogen and oxygen atoms in total. The van der Waals surface area contributed by atoms with Crippen LogP contribution < -0.4 is 15.5 Å². The lowest BCUT2D eigenvalue weighted by atomic mass is 10.0. The Labute approximate surface area is 198 Å². The van der Waals surface area contributed by atoms with Crippen LogP contribution in [0.4, 0.5) is 22.1 Å². The Morgan fingerprint density at radius 2 is 1.97 bits per heavy atom. The van der Waals surface area contributed by atoms with Gasteiger partial charge in [-0.25, -0.2) is 14.8 Å². The summed E-state index contributed by atoms with van der Waals surface area (Å²) in [5.41, 5.74) is 3.88. The lowest BCUT2D eigenvalue weighted by Gasteiger charge is -2.37. The van der Waals surface area contributed by atoms with Crippen LogP contribution in [0.25, 0.3) is 11.4 Å². The van der Waals surface area contributed by atoms with Crippen molar-refractivity contribution in [1.29, 1.82) is 0 Å². The molecule has 34 heavy (non-hydrogen) atoms. The van der Waals surface area contributed by atoms with E-state index in [1.54, 1.807) is 13.0 Å². The van der Waals surface area contributed by atoms with Crippen molar-refractivity contribution in [3.05, 3.63) is 47.3 Å². The number of anilines is 3. The molecule has 5 rings (SSSR count). The maximum absolute atomic E-state index is 12.2. The zero-order chi connectivity index (χ0) is 23.7. The van der Waals surface area contributed by atoms with Gasteiger partial charge in [0.15, 0.2) is 11.6 Å². The van der Waals surface area contributed by atoms with Gasteiger partial charge in [-0.05, 0) is 51.6 Å². The predicted molar refractivity (Wildman–Crippen MR) is 129 cm³/mol. The summed E-state index contributed by atoms with van der Waals surface area (Å²) in [5.74, 6) is 2.70. The number of nitrogens with zero attached hydrogens (tertiary/aromatic N) is 5. The molecule has 0 saturated carbocycles. The SMILES string of the molecule is Cc1cc(NC(=O)Nc2ccc(-c3nc4c(c(N5CCOCC5C)n3)CCN(C)C4)cc2)no1. The second-order valence-corrected chi connectivity index (χ2v) is 8.88. The number of carbonyl (C=O) groups is 1. The largest absolute Gasteiger partial charge is 0.377 e. The molecule has 1 atom stereocenters. The van der Waals surface area contributed by atoms with E-state index in [2.05, 4.69) is 39.6 Å². The molecule has 0 bridgehead atoms. The number of aromatic nitrogens is 3. The van der Waals surface area contributed by atoms with Crippen molar-refractivity contribution in [2.75, 3.05) is 48.9 Å². The van der Waals surface area contributed by atoms with Crippen molar-refractivity contribution in [1.82, 2.24) is 20.0 Å². The number of rotatable bonds is 4. The molecule has 2 aliphatic heterocycles. The van der Waals surface area contributed by atoms with Gasteiger partial charge in [0.1, 0.15) is 11.6 Å². The number of carbonyl (C=O) groups excluding carboxylic acids is 1. The Balaban J connectivity index is 1.39. The fourth-order valence-corrected chi connectivity index (χ4v) is 4.36. The highest BCUT2D eigenvalue weighted by Crippen LogP contribution is 2.31. The highest BCUT2D eigenvalue weighted by molar-refractivity contribution is 5.99. The van der Waals surface area contributed by atoms with Crippen molar-refractivity contribution in [2.24, 2.45) is 0 Å². The summed E-state index contributed by atoms with van der Waals surface area (Å²) >= 11 is 0. The number of amides is 2. The van der Waals surface area contributed by atoms with E-state index in [-0.39, 0.29) is 6.04 Å². The van der Waals surface area contributed by atoms with E-state index < -0.39 is 6.03 Å². The van der Waals surface area contributed by atoms with Gasteiger partial charge >= 0.3 is 6.03 Å². The fourth-order valence-electron chi connectivity index (χ4n) is 4.36. The molecule has 1 saturated heterocycles. The first-order valence-electron chi connectivity index (χ1n) is 11.5. The lowest BCUT2D eigenvalue weighted by molar-refractivity contribution is 0.0983. The smallest absolute Gasteiger partial charge is 0.324 e. The summed E-state index contributed by atoms with van der Waals surface area (Å²) in [6, 6.07) is 9.06. The van der Waals surface area contributed by atoms with Crippen molar-refractivity contribution in [2.45, 2.75) is 32.9 Å². The highest BCUT2D eigenvalue weighted by Gasteiger charge is 2.28. The Kier molecular flexibility index (Phi) is 6.16. The molecular formula is C24H29N7O3. The minimum absolute atomic E-state index is 0.263. The van der Waals surface area contributed by atoms with E-state index in [9.17, 15) is 4.79 Å². The van der Waals surface area contributed by atoms with Gasteiger partial charge in [-0.1, -0.05) is 5.16 Å². The summed E-state index contributed by atoms with van der Waals surface area (Å²) in [4.78, 5) is 26.8. The van der Waals surface area contributed by atoms with Crippen molar-refractivity contribution in [3.8, 4) is 11.4 Å². The molecule has 1 unspecified atom stereocenters. The number of urea groups is 1. The van der Waals surface area contributed by atoms with Crippen molar-refractivity contribution >= 4 is 23.4 Å². The third-order valence-corrected chi connectivity index (χ3v) is 6.14. The van der Waals surface area contributed by atoms with Crippen LogP contribution in [0.3, 0.4) is 0 Å². The third-order valence-electron chi connectivity index (χ3n) is 6.14. The lowest BCUT2D eigenvalue weighted by Crippen LogP contribution is -2.45. The predicted octanol–water partition coefficient (Wildman–Crippen LogP) is 3.30. The summed E-state index contributed by atoms with van der Waals surface area (Å²) in [6.07, 6.45) is 0.939. The van der Waals surface area contributed by atoms with E-state index in [1.165, 1.54) is 5.56 Å². The minimum atomic E-state index is -0.391. The first-order valence-corrected chi connectivity index (χ1v) is 11.5. The molecule has 2 aliphatic rings. The Bertz CT molecular complexity index is 1180. The second-order valence-electron chi connectivity index (χ2n) is 8.88. The average Bonchev–Trinajstić information content (AvgIpc) is 3.23. The van der Waals surface area contributed by atoms with Gasteiger partial charge < -0.3 is 24.4 Å². The van der Waals surface area contributed by atoms with E-state index in [1.807, 2.05) is 24.3 Å². The quantitative estimate of drug-likeness (QED) is 0.607. The molecule has 0 aliphatic carbocycles. The van der Waals surface area contributed by atoms with Gasteiger partial charge in [0.2, 0.25) is 0 Å². The number of hydrogen-bond donors (Lipinski definition) is 2. The van der Waals surface area contributed by atoms with Crippen molar-refractivity contribution < 1.29 is 14.1 Å².